The van der Waals surface area contributed by atoms with Gasteiger partial charge in [-0.2, -0.15) is 0 Å². The van der Waals surface area contributed by atoms with E-state index in [0.29, 0.717) is 31.3 Å². The van der Waals surface area contributed by atoms with Crippen molar-refractivity contribution in [3.63, 3.8) is 0 Å². The second kappa shape index (κ2) is 6.56. The van der Waals surface area contributed by atoms with Gasteiger partial charge in [0.1, 0.15) is 16.9 Å². The first-order valence-corrected chi connectivity index (χ1v) is 9.54. The van der Waals surface area contributed by atoms with E-state index in [-0.39, 0.29) is 36.5 Å². The fourth-order valence-electron chi connectivity index (χ4n) is 3.46. The minimum Gasteiger partial charge on any atom is -0.476 e. The number of nitrogens with one attached hydrogen (secondary N) is 1. The number of nitrogens with zero attached hydrogens (tertiary/aromatic N) is 3. The zero-order valence-electron chi connectivity index (χ0n) is 16.0. The summed E-state index contributed by atoms with van der Waals surface area (Å²) in [5.41, 5.74) is -0.382. The summed E-state index contributed by atoms with van der Waals surface area (Å²) in [5.74, 6) is -2.66. The number of amides is 2. The first kappa shape index (κ1) is 18.9. The molecule has 1 saturated carbocycles. The van der Waals surface area contributed by atoms with Crippen LogP contribution in [0.3, 0.4) is 0 Å². The topological polar surface area (TPSA) is 74.8 Å². The molecule has 0 atom stereocenters. The summed E-state index contributed by atoms with van der Waals surface area (Å²) in [5, 5.41) is 2.75. The Balaban J connectivity index is 1.59. The van der Waals surface area contributed by atoms with E-state index < -0.39 is 11.5 Å². The normalized spacial score (nSPS) is 23.1. The molecule has 3 aliphatic rings. The van der Waals surface area contributed by atoms with Crippen molar-refractivity contribution in [3.05, 3.63) is 17.8 Å². The minimum atomic E-state index is -2.71. The van der Waals surface area contributed by atoms with Gasteiger partial charge < -0.3 is 19.9 Å². The molecule has 3 heterocycles. The number of aromatic nitrogens is 1. The smallest absolute Gasteiger partial charge is 0.282 e. The number of alkyl halides is 2. The van der Waals surface area contributed by atoms with E-state index in [0.717, 1.165) is 12.8 Å². The Labute approximate surface area is 162 Å². The van der Waals surface area contributed by atoms with Crippen LogP contribution in [0.25, 0.3) is 0 Å². The Kier molecular flexibility index (Phi) is 4.43. The summed E-state index contributed by atoms with van der Waals surface area (Å²) in [7, 11) is 0. The quantitative estimate of drug-likeness (QED) is 0.823. The molecule has 0 aromatic carbocycles. The van der Waals surface area contributed by atoms with Crippen molar-refractivity contribution in [3.8, 4) is 5.88 Å². The number of carbonyl (C=O) groups is 2. The molecule has 4 rings (SSSR count). The predicted octanol–water partition coefficient (Wildman–Crippen LogP) is 1.68. The summed E-state index contributed by atoms with van der Waals surface area (Å²) >= 11 is 0. The number of carbonyl (C=O) groups excluding carboxylic acids is 2. The monoisotopic (exact) mass is 394 g/mol. The van der Waals surface area contributed by atoms with Gasteiger partial charge in [-0.1, -0.05) is 0 Å². The third kappa shape index (κ3) is 3.49. The highest BCUT2D eigenvalue weighted by Gasteiger charge is 2.45. The molecule has 0 unspecified atom stereocenters. The standard InChI is InChI=1S/C19H24F2N4O3/c1-18(2)17(27)22-7-8-25(18)16(26)13-5-6-14(24-10-19(20,21)11-24)15(23-13)28-9-12-3-4-12/h5-6,12H,3-4,7-11H2,1-2H3,(H,22,27). The van der Waals surface area contributed by atoms with Gasteiger partial charge >= 0.3 is 0 Å². The molecule has 1 aromatic rings. The lowest BCUT2D eigenvalue weighted by atomic mass is 9.98. The van der Waals surface area contributed by atoms with Crippen molar-refractivity contribution >= 4 is 17.5 Å². The molecule has 28 heavy (non-hydrogen) atoms. The fourth-order valence-corrected chi connectivity index (χ4v) is 3.46. The van der Waals surface area contributed by atoms with Crippen LogP contribution < -0.4 is 15.0 Å². The maximum Gasteiger partial charge on any atom is 0.282 e. The van der Waals surface area contributed by atoms with Crippen molar-refractivity contribution in [1.29, 1.82) is 0 Å². The third-order valence-electron chi connectivity index (χ3n) is 5.49. The first-order valence-electron chi connectivity index (χ1n) is 9.54. The lowest BCUT2D eigenvalue weighted by Crippen LogP contribution is -2.63. The largest absolute Gasteiger partial charge is 0.476 e. The summed E-state index contributed by atoms with van der Waals surface area (Å²) in [6.07, 6.45) is 2.15. The SMILES string of the molecule is CC1(C)C(=O)NCCN1C(=O)c1ccc(N2CC(F)(F)C2)c(OCC2CC2)n1. The molecule has 1 aliphatic carbocycles. The Morgan fingerprint density at radius 3 is 2.68 bits per heavy atom. The van der Waals surface area contributed by atoms with Crippen LogP contribution in [0.1, 0.15) is 37.2 Å². The van der Waals surface area contributed by atoms with Gasteiger partial charge in [0.2, 0.25) is 11.8 Å². The molecule has 152 valence electrons. The van der Waals surface area contributed by atoms with E-state index in [4.69, 9.17) is 4.74 Å². The highest BCUT2D eigenvalue weighted by Crippen LogP contribution is 2.38. The summed E-state index contributed by atoms with van der Waals surface area (Å²) in [6.45, 7) is 3.79. The van der Waals surface area contributed by atoms with E-state index in [9.17, 15) is 18.4 Å². The van der Waals surface area contributed by atoms with Gasteiger partial charge in [-0.25, -0.2) is 13.8 Å². The number of pyridine rings is 1. The molecule has 1 aromatic heterocycles. The second-order valence-corrected chi connectivity index (χ2v) is 8.26. The van der Waals surface area contributed by atoms with Crippen LogP contribution in [0, 0.1) is 5.92 Å². The summed E-state index contributed by atoms with van der Waals surface area (Å²) < 4.78 is 32.4. The van der Waals surface area contributed by atoms with E-state index in [1.54, 1.807) is 19.9 Å². The molecule has 0 spiro atoms. The molecule has 3 fully saturated rings. The summed E-state index contributed by atoms with van der Waals surface area (Å²) in [4.78, 5) is 32.5. The average Bonchev–Trinajstić information content (AvgIpc) is 3.44. The van der Waals surface area contributed by atoms with E-state index >= 15 is 0 Å². The molecule has 0 radical (unpaired) electrons. The van der Waals surface area contributed by atoms with Crippen LogP contribution in [-0.4, -0.2) is 65.9 Å². The van der Waals surface area contributed by atoms with E-state index in [1.807, 2.05) is 0 Å². The second-order valence-electron chi connectivity index (χ2n) is 8.26. The van der Waals surface area contributed by atoms with Gasteiger partial charge in [0.15, 0.2) is 0 Å². The molecule has 1 N–H and O–H groups in total. The Hall–Kier alpha value is -2.45. The van der Waals surface area contributed by atoms with Crippen molar-refractivity contribution in [1.82, 2.24) is 15.2 Å². The number of halogens is 2. The third-order valence-corrected chi connectivity index (χ3v) is 5.49. The van der Waals surface area contributed by atoms with Gasteiger partial charge in [-0.3, -0.25) is 9.59 Å². The van der Waals surface area contributed by atoms with Gasteiger partial charge in [-0.15, -0.1) is 0 Å². The van der Waals surface area contributed by atoms with Crippen LogP contribution in [-0.2, 0) is 4.79 Å². The number of ether oxygens (including phenoxy) is 1. The molecule has 9 heteroatoms. The van der Waals surface area contributed by atoms with Crippen molar-refractivity contribution < 1.29 is 23.1 Å². The van der Waals surface area contributed by atoms with Crippen molar-refractivity contribution in [2.45, 2.75) is 38.2 Å². The lowest BCUT2D eigenvalue weighted by Gasteiger charge is -2.41. The number of rotatable bonds is 5. The number of hydrogen-bond acceptors (Lipinski definition) is 5. The van der Waals surface area contributed by atoms with Gasteiger partial charge in [0, 0.05) is 13.1 Å². The first-order chi connectivity index (χ1) is 13.2. The number of hydrogen-bond donors (Lipinski definition) is 1. The molecule has 2 aliphatic heterocycles. The van der Waals surface area contributed by atoms with Crippen molar-refractivity contribution in [2.75, 3.05) is 37.7 Å². The Morgan fingerprint density at radius 1 is 1.32 bits per heavy atom. The maximum absolute atomic E-state index is 13.3. The van der Waals surface area contributed by atoms with Crippen LogP contribution in [0.2, 0.25) is 0 Å². The highest BCUT2D eigenvalue weighted by molar-refractivity contribution is 5.98. The Morgan fingerprint density at radius 2 is 2.04 bits per heavy atom. The highest BCUT2D eigenvalue weighted by atomic mass is 19.3. The molecule has 2 amide bonds. The van der Waals surface area contributed by atoms with E-state index in [1.165, 1.54) is 15.9 Å². The van der Waals surface area contributed by atoms with Gasteiger partial charge in [0.25, 0.3) is 11.8 Å². The van der Waals surface area contributed by atoms with E-state index in [2.05, 4.69) is 10.3 Å². The predicted molar refractivity (Wildman–Crippen MR) is 97.7 cm³/mol. The van der Waals surface area contributed by atoms with Crippen LogP contribution in [0.5, 0.6) is 5.88 Å². The average molecular weight is 394 g/mol. The number of piperazine rings is 1. The zero-order chi connectivity index (χ0) is 20.1. The maximum atomic E-state index is 13.3. The lowest BCUT2D eigenvalue weighted by molar-refractivity contribution is -0.133. The Bertz CT molecular complexity index is 802. The van der Waals surface area contributed by atoms with Crippen molar-refractivity contribution in [2.24, 2.45) is 5.92 Å². The molecule has 2 saturated heterocycles. The zero-order valence-corrected chi connectivity index (χ0v) is 16.0. The summed E-state index contributed by atoms with van der Waals surface area (Å²) in [6, 6.07) is 3.12. The molecule has 0 bridgehead atoms. The van der Waals surface area contributed by atoms with Crippen LogP contribution >= 0.6 is 0 Å². The molecular formula is C19H24F2N4O3. The molecule has 7 nitrogen and oxygen atoms in total. The fraction of sp³-hybridized carbons (Fsp3) is 0.632. The van der Waals surface area contributed by atoms with Crippen LogP contribution in [0.15, 0.2) is 12.1 Å². The van der Waals surface area contributed by atoms with Gasteiger partial charge in [0.05, 0.1) is 19.7 Å². The van der Waals surface area contributed by atoms with Gasteiger partial charge in [-0.05, 0) is 44.7 Å². The van der Waals surface area contributed by atoms with Crippen LogP contribution in [0.4, 0.5) is 14.5 Å². The minimum absolute atomic E-state index is 0.143. The number of anilines is 1. The molecular weight excluding hydrogens is 370 g/mol.